The fourth-order valence-corrected chi connectivity index (χ4v) is 1.98. The van der Waals surface area contributed by atoms with Crippen LogP contribution < -0.4 is 15.8 Å². The topological polar surface area (TPSA) is 64.3 Å². The van der Waals surface area contributed by atoms with Crippen LogP contribution in [0.15, 0.2) is 18.2 Å². The Kier molecular flexibility index (Phi) is 6.12. The van der Waals surface area contributed by atoms with Gasteiger partial charge in [0, 0.05) is 12.6 Å². The van der Waals surface area contributed by atoms with Gasteiger partial charge in [-0.25, -0.2) is 0 Å². The fourth-order valence-electron chi connectivity index (χ4n) is 1.74. The lowest BCUT2D eigenvalue weighted by atomic mass is 10.1. The molecule has 0 aliphatic rings. The first-order chi connectivity index (χ1) is 8.95. The molecule has 0 radical (unpaired) electrons. The molecule has 0 spiro atoms. The van der Waals surface area contributed by atoms with Gasteiger partial charge in [-0.1, -0.05) is 23.7 Å². The Balaban J connectivity index is 2.89. The average Bonchev–Trinajstić information content (AvgIpc) is 2.33. The van der Waals surface area contributed by atoms with E-state index in [1.807, 2.05) is 26.0 Å². The van der Waals surface area contributed by atoms with E-state index in [0.29, 0.717) is 23.7 Å². The van der Waals surface area contributed by atoms with E-state index in [1.165, 1.54) is 0 Å². The molecule has 4 nitrogen and oxygen atoms in total. The number of halogens is 1. The molecule has 2 atom stereocenters. The number of carbonyl (C=O) groups is 1. The molecule has 106 valence electrons. The first-order valence-electron chi connectivity index (χ1n) is 6.43. The van der Waals surface area contributed by atoms with E-state index in [-0.39, 0.29) is 11.9 Å². The van der Waals surface area contributed by atoms with Crippen LogP contribution >= 0.6 is 11.6 Å². The molecule has 0 aromatic heterocycles. The van der Waals surface area contributed by atoms with Crippen molar-refractivity contribution in [2.24, 2.45) is 5.73 Å². The van der Waals surface area contributed by atoms with Crippen LogP contribution in [-0.4, -0.2) is 24.6 Å². The standard InChI is InChI=1S/C14H21ClN2O2/c1-4-17-14(18)10(3)19-13-11(8-9(2)16)6-5-7-12(13)15/h5-7,9-10H,4,8,16H2,1-3H3,(H,17,18). The molecule has 2 unspecified atom stereocenters. The lowest BCUT2D eigenvalue weighted by Gasteiger charge is -2.18. The van der Waals surface area contributed by atoms with E-state index in [9.17, 15) is 4.79 Å². The highest BCUT2D eigenvalue weighted by atomic mass is 35.5. The van der Waals surface area contributed by atoms with Crippen LogP contribution in [0.2, 0.25) is 5.02 Å². The van der Waals surface area contributed by atoms with Gasteiger partial charge in [0.1, 0.15) is 5.75 Å². The number of rotatable bonds is 6. The van der Waals surface area contributed by atoms with Gasteiger partial charge >= 0.3 is 0 Å². The van der Waals surface area contributed by atoms with Crippen LogP contribution in [0.3, 0.4) is 0 Å². The fraction of sp³-hybridized carbons (Fsp3) is 0.500. The molecule has 1 rings (SSSR count). The Labute approximate surface area is 119 Å². The molecule has 1 amide bonds. The zero-order valence-electron chi connectivity index (χ0n) is 11.6. The van der Waals surface area contributed by atoms with Crippen LogP contribution in [0.4, 0.5) is 0 Å². The lowest BCUT2D eigenvalue weighted by Crippen LogP contribution is -2.36. The Bertz CT molecular complexity index is 435. The summed E-state index contributed by atoms with van der Waals surface area (Å²) in [6.45, 7) is 6.05. The maximum atomic E-state index is 11.7. The molecule has 0 aliphatic heterocycles. The van der Waals surface area contributed by atoms with Crippen LogP contribution in [0.5, 0.6) is 5.75 Å². The Morgan fingerprint density at radius 1 is 1.47 bits per heavy atom. The van der Waals surface area contributed by atoms with Gasteiger partial charge in [0.15, 0.2) is 6.10 Å². The predicted octanol–water partition coefficient (Wildman–Crippen LogP) is 2.13. The van der Waals surface area contributed by atoms with Crippen molar-refractivity contribution in [1.29, 1.82) is 0 Å². The Morgan fingerprint density at radius 3 is 2.74 bits per heavy atom. The summed E-state index contributed by atoms with van der Waals surface area (Å²) in [6.07, 6.45) is 0.0598. The molecule has 0 saturated carbocycles. The molecular formula is C14H21ClN2O2. The summed E-state index contributed by atoms with van der Waals surface area (Å²) < 4.78 is 5.69. The minimum atomic E-state index is -0.591. The van der Waals surface area contributed by atoms with E-state index in [4.69, 9.17) is 22.1 Å². The highest BCUT2D eigenvalue weighted by molar-refractivity contribution is 6.32. The summed E-state index contributed by atoms with van der Waals surface area (Å²) in [5.74, 6) is 0.384. The molecular weight excluding hydrogens is 264 g/mol. The van der Waals surface area contributed by atoms with Gasteiger partial charge in [0.25, 0.3) is 5.91 Å². The minimum Gasteiger partial charge on any atom is -0.479 e. The summed E-state index contributed by atoms with van der Waals surface area (Å²) in [4.78, 5) is 11.7. The number of carbonyl (C=O) groups excluding carboxylic acids is 1. The van der Waals surface area contributed by atoms with Crippen molar-refractivity contribution in [2.75, 3.05) is 6.54 Å². The molecule has 3 N–H and O–H groups in total. The summed E-state index contributed by atoms with van der Waals surface area (Å²) in [5, 5.41) is 3.21. The Morgan fingerprint density at radius 2 is 2.16 bits per heavy atom. The third kappa shape index (κ3) is 4.73. The van der Waals surface area contributed by atoms with Crippen molar-refractivity contribution in [3.63, 3.8) is 0 Å². The van der Waals surface area contributed by atoms with E-state index < -0.39 is 6.10 Å². The van der Waals surface area contributed by atoms with E-state index in [2.05, 4.69) is 5.32 Å². The average molecular weight is 285 g/mol. The molecule has 0 heterocycles. The zero-order valence-corrected chi connectivity index (χ0v) is 12.3. The molecule has 19 heavy (non-hydrogen) atoms. The number of ether oxygens (including phenoxy) is 1. The molecule has 5 heteroatoms. The van der Waals surface area contributed by atoms with Gasteiger partial charge < -0.3 is 15.8 Å². The van der Waals surface area contributed by atoms with E-state index in [0.717, 1.165) is 5.56 Å². The van der Waals surface area contributed by atoms with Gasteiger partial charge in [-0.15, -0.1) is 0 Å². The summed E-state index contributed by atoms with van der Waals surface area (Å²) >= 11 is 6.14. The SMILES string of the molecule is CCNC(=O)C(C)Oc1c(Cl)cccc1CC(C)N. The summed E-state index contributed by atoms with van der Waals surface area (Å²) in [7, 11) is 0. The summed E-state index contributed by atoms with van der Waals surface area (Å²) in [6, 6.07) is 5.51. The van der Waals surface area contributed by atoms with Crippen molar-refractivity contribution < 1.29 is 9.53 Å². The number of benzene rings is 1. The normalized spacial score (nSPS) is 13.7. The monoisotopic (exact) mass is 284 g/mol. The predicted molar refractivity (Wildman–Crippen MR) is 77.6 cm³/mol. The van der Waals surface area contributed by atoms with Gasteiger partial charge in [0.2, 0.25) is 0 Å². The maximum absolute atomic E-state index is 11.7. The number of hydrogen-bond acceptors (Lipinski definition) is 3. The van der Waals surface area contributed by atoms with Crippen molar-refractivity contribution in [2.45, 2.75) is 39.3 Å². The zero-order chi connectivity index (χ0) is 14.4. The molecule has 0 aliphatic carbocycles. The molecule has 0 saturated heterocycles. The molecule has 0 fully saturated rings. The molecule has 0 bridgehead atoms. The minimum absolute atomic E-state index is 0.000547. The first kappa shape index (κ1) is 15.8. The van der Waals surface area contributed by atoms with Crippen molar-refractivity contribution in [3.8, 4) is 5.75 Å². The van der Waals surface area contributed by atoms with Crippen molar-refractivity contribution >= 4 is 17.5 Å². The van der Waals surface area contributed by atoms with Gasteiger partial charge in [-0.05, 0) is 38.8 Å². The van der Waals surface area contributed by atoms with E-state index in [1.54, 1.807) is 13.0 Å². The quantitative estimate of drug-likeness (QED) is 0.841. The first-order valence-corrected chi connectivity index (χ1v) is 6.80. The van der Waals surface area contributed by atoms with Crippen molar-refractivity contribution in [3.05, 3.63) is 28.8 Å². The second-order valence-corrected chi connectivity index (χ2v) is 4.97. The second-order valence-electron chi connectivity index (χ2n) is 4.56. The third-order valence-electron chi connectivity index (χ3n) is 2.61. The number of nitrogens with one attached hydrogen (secondary N) is 1. The molecule has 1 aromatic carbocycles. The smallest absolute Gasteiger partial charge is 0.260 e. The number of nitrogens with two attached hydrogens (primary N) is 1. The lowest BCUT2D eigenvalue weighted by molar-refractivity contribution is -0.127. The van der Waals surface area contributed by atoms with Crippen LogP contribution in [0.25, 0.3) is 0 Å². The number of hydrogen-bond donors (Lipinski definition) is 2. The van der Waals surface area contributed by atoms with Crippen LogP contribution in [0.1, 0.15) is 26.3 Å². The van der Waals surface area contributed by atoms with Crippen LogP contribution in [-0.2, 0) is 11.2 Å². The van der Waals surface area contributed by atoms with Gasteiger partial charge in [-0.2, -0.15) is 0 Å². The number of amides is 1. The van der Waals surface area contributed by atoms with Gasteiger partial charge in [-0.3, -0.25) is 4.79 Å². The largest absolute Gasteiger partial charge is 0.479 e. The maximum Gasteiger partial charge on any atom is 0.260 e. The van der Waals surface area contributed by atoms with E-state index >= 15 is 0 Å². The van der Waals surface area contributed by atoms with Crippen LogP contribution in [0, 0.1) is 0 Å². The molecule has 1 aromatic rings. The highest BCUT2D eigenvalue weighted by Crippen LogP contribution is 2.30. The second kappa shape index (κ2) is 7.36. The highest BCUT2D eigenvalue weighted by Gasteiger charge is 2.18. The third-order valence-corrected chi connectivity index (χ3v) is 2.90. The van der Waals surface area contributed by atoms with Crippen molar-refractivity contribution in [1.82, 2.24) is 5.32 Å². The number of likely N-dealkylation sites (N-methyl/N-ethyl adjacent to an activating group) is 1. The summed E-state index contributed by atoms with van der Waals surface area (Å²) in [5.41, 5.74) is 6.72. The Hall–Kier alpha value is -1.26. The number of para-hydroxylation sites is 1. The van der Waals surface area contributed by atoms with Gasteiger partial charge in [0.05, 0.1) is 5.02 Å².